The Kier molecular flexibility index (Phi) is 6.45. The number of benzene rings is 1. The summed E-state index contributed by atoms with van der Waals surface area (Å²) in [5.41, 5.74) is -0.0137. The van der Waals surface area contributed by atoms with E-state index in [4.69, 9.17) is 16.3 Å². The van der Waals surface area contributed by atoms with Crippen molar-refractivity contribution in [1.82, 2.24) is 15.1 Å². The van der Waals surface area contributed by atoms with Gasteiger partial charge in [0.15, 0.2) is 0 Å². The Morgan fingerprint density at radius 3 is 2.73 bits per heavy atom. The molecule has 2 heterocycles. The molecule has 26 heavy (non-hydrogen) atoms. The molecule has 0 aromatic heterocycles. The molecule has 1 aromatic carbocycles. The van der Waals surface area contributed by atoms with E-state index in [1.807, 2.05) is 4.90 Å². The fourth-order valence-corrected chi connectivity index (χ4v) is 3.40. The molecule has 0 aliphatic carbocycles. The molecule has 0 unspecified atom stereocenters. The quantitative estimate of drug-likeness (QED) is 0.837. The first kappa shape index (κ1) is 19.1. The van der Waals surface area contributed by atoms with E-state index in [2.05, 4.69) is 5.32 Å². The summed E-state index contributed by atoms with van der Waals surface area (Å²) < 4.78 is 19.3. The maximum absolute atomic E-state index is 13.9. The van der Waals surface area contributed by atoms with E-state index >= 15 is 0 Å². The van der Waals surface area contributed by atoms with Gasteiger partial charge in [0.25, 0.3) is 5.91 Å². The highest BCUT2D eigenvalue weighted by molar-refractivity contribution is 6.31. The Balaban J connectivity index is 1.44. The molecule has 1 atom stereocenters. The number of carbonyl (C=O) groups is 2. The monoisotopic (exact) mass is 383 g/mol. The molecule has 0 spiro atoms. The second-order valence-corrected chi connectivity index (χ2v) is 7.07. The maximum Gasteiger partial charge on any atom is 0.256 e. The molecule has 1 N–H and O–H groups in total. The number of hydrogen-bond acceptors (Lipinski definition) is 4. The van der Waals surface area contributed by atoms with Crippen molar-refractivity contribution in [3.8, 4) is 0 Å². The number of carbonyl (C=O) groups excluding carboxylic acids is 2. The highest BCUT2D eigenvalue weighted by atomic mass is 35.5. The van der Waals surface area contributed by atoms with Crippen LogP contribution < -0.4 is 5.32 Å². The Labute approximate surface area is 157 Å². The average molecular weight is 384 g/mol. The molecular formula is C18H23ClFN3O3. The summed E-state index contributed by atoms with van der Waals surface area (Å²) in [5.74, 6) is -0.982. The lowest BCUT2D eigenvalue weighted by molar-refractivity contribution is -0.123. The summed E-state index contributed by atoms with van der Waals surface area (Å²) in [6, 6.07) is 3.97. The van der Waals surface area contributed by atoms with Crippen LogP contribution in [0, 0.1) is 5.82 Å². The van der Waals surface area contributed by atoms with Gasteiger partial charge in [-0.2, -0.15) is 0 Å². The molecular weight excluding hydrogens is 361 g/mol. The smallest absolute Gasteiger partial charge is 0.256 e. The molecule has 3 rings (SSSR count). The van der Waals surface area contributed by atoms with Crippen LogP contribution in [0.1, 0.15) is 23.2 Å². The van der Waals surface area contributed by atoms with E-state index in [-0.39, 0.29) is 23.5 Å². The fraction of sp³-hybridized carbons (Fsp3) is 0.556. The lowest BCUT2D eigenvalue weighted by Gasteiger charge is -2.34. The predicted molar refractivity (Wildman–Crippen MR) is 95.7 cm³/mol. The predicted octanol–water partition coefficient (Wildman–Crippen LogP) is 1.53. The van der Waals surface area contributed by atoms with E-state index in [1.165, 1.54) is 18.2 Å². The molecule has 0 saturated carbocycles. The molecule has 1 aromatic rings. The second-order valence-electron chi connectivity index (χ2n) is 6.63. The average Bonchev–Trinajstić information content (AvgIpc) is 3.16. The zero-order chi connectivity index (χ0) is 18.5. The van der Waals surface area contributed by atoms with Crippen molar-refractivity contribution < 1.29 is 18.7 Å². The zero-order valence-electron chi connectivity index (χ0n) is 14.5. The lowest BCUT2D eigenvalue weighted by atomic mass is 10.1. The van der Waals surface area contributed by atoms with E-state index in [9.17, 15) is 14.0 Å². The molecule has 2 aliphatic heterocycles. The molecule has 142 valence electrons. The van der Waals surface area contributed by atoms with Crippen LogP contribution in [0.5, 0.6) is 0 Å². The Bertz CT molecular complexity index is 659. The minimum Gasteiger partial charge on any atom is -0.376 e. The third-order valence-electron chi connectivity index (χ3n) is 4.74. The van der Waals surface area contributed by atoms with E-state index in [0.29, 0.717) is 44.3 Å². The van der Waals surface area contributed by atoms with E-state index in [1.54, 1.807) is 4.90 Å². The molecule has 2 amide bonds. The van der Waals surface area contributed by atoms with Crippen LogP contribution in [-0.2, 0) is 9.53 Å². The van der Waals surface area contributed by atoms with Crippen LogP contribution in [0.3, 0.4) is 0 Å². The van der Waals surface area contributed by atoms with Crippen LogP contribution in [0.15, 0.2) is 18.2 Å². The number of amides is 2. The van der Waals surface area contributed by atoms with Gasteiger partial charge < -0.3 is 15.0 Å². The minimum atomic E-state index is -0.574. The molecule has 0 radical (unpaired) electrons. The van der Waals surface area contributed by atoms with Crippen LogP contribution in [0.25, 0.3) is 0 Å². The second kappa shape index (κ2) is 8.79. The highest BCUT2D eigenvalue weighted by Gasteiger charge is 2.25. The van der Waals surface area contributed by atoms with Crippen LogP contribution in [0.2, 0.25) is 5.02 Å². The molecule has 0 bridgehead atoms. The largest absolute Gasteiger partial charge is 0.376 e. The molecule has 2 saturated heterocycles. The first-order valence-electron chi connectivity index (χ1n) is 8.88. The number of nitrogens with zero attached hydrogens (tertiary/aromatic N) is 2. The number of ether oxygens (including phenoxy) is 1. The first-order chi connectivity index (χ1) is 12.5. The number of rotatable bonds is 5. The molecule has 8 heteroatoms. The fourth-order valence-electron chi connectivity index (χ4n) is 3.23. The summed E-state index contributed by atoms with van der Waals surface area (Å²) in [6.45, 7) is 3.64. The number of nitrogens with one attached hydrogen (secondary N) is 1. The lowest BCUT2D eigenvalue weighted by Crippen LogP contribution is -2.51. The van der Waals surface area contributed by atoms with Gasteiger partial charge in [-0.05, 0) is 31.0 Å². The van der Waals surface area contributed by atoms with Crippen molar-refractivity contribution in [1.29, 1.82) is 0 Å². The van der Waals surface area contributed by atoms with Crippen molar-refractivity contribution in [2.24, 2.45) is 0 Å². The molecule has 2 fully saturated rings. The maximum atomic E-state index is 13.9. The van der Waals surface area contributed by atoms with Crippen LogP contribution in [0.4, 0.5) is 4.39 Å². The summed E-state index contributed by atoms with van der Waals surface area (Å²) in [6.07, 6.45) is 2.16. The summed E-state index contributed by atoms with van der Waals surface area (Å²) in [5, 5.41) is 3.22. The zero-order valence-corrected chi connectivity index (χ0v) is 15.3. The van der Waals surface area contributed by atoms with Crippen molar-refractivity contribution in [2.75, 3.05) is 45.9 Å². The Morgan fingerprint density at radius 2 is 2.04 bits per heavy atom. The normalized spacial score (nSPS) is 21.0. The van der Waals surface area contributed by atoms with E-state index in [0.717, 1.165) is 19.4 Å². The van der Waals surface area contributed by atoms with Crippen molar-refractivity contribution in [2.45, 2.75) is 18.9 Å². The van der Waals surface area contributed by atoms with Gasteiger partial charge in [-0.15, -0.1) is 0 Å². The molecule has 6 nitrogen and oxygen atoms in total. The Morgan fingerprint density at radius 1 is 1.27 bits per heavy atom. The number of piperazine rings is 1. The van der Waals surface area contributed by atoms with Crippen molar-refractivity contribution in [3.63, 3.8) is 0 Å². The first-order valence-corrected chi connectivity index (χ1v) is 9.25. The van der Waals surface area contributed by atoms with E-state index < -0.39 is 5.82 Å². The summed E-state index contributed by atoms with van der Waals surface area (Å²) in [4.78, 5) is 28.1. The van der Waals surface area contributed by atoms with Gasteiger partial charge in [0.2, 0.25) is 5.91 Å². The van der Waals surface area contributed by atoms with Gasteiger partial charge in [-0.3, -0.25) is 14.5 Å². The third-order valence-corrected chi connectivity index (χ3v) is 4.97. The summed E-state index contributed by atoms with van der Waals surface area (Å²) >= 11 is 5.86. The Hall–Kier alpha value is -1.70. The van der Waals surface area contributed by atoms with Gasteiger partial charge in [0.1, 0.15) is 5.82 Å². The topological polar surface area (TPSA) is 61.9 Å². The van der Waals surface area contributed by atoms with Gasteiger partial charge in [0, 0.05) is 44.4 Å². The van der Waals surface area contributed by atoms with Gasteiger partial charge >= 0.3 is 0 Å². The van der Waals surface area contributed by atoms with Crippen LogP contribution >= 0.6 is 11.6 Å². The number of halogens is 2. The third kappa shape index (κ3) is 4.93. The van der Waals surface area contributed by atoms with Gasteiger partial charge in [0.05, 0.1) is 18.2 Å². The standard InChI is InChI=1S/C18H23ClFN3O3/c19-13-3-4-16(20)15(10-13)18(25)23-7-5-22(6-8-23)12-17(24)21-11-14-2-1-9-26-14/h3-4,10,14H,1-2,5-9,11-12H2,(H,21,24)/t14-/m0/s1. The highest BCUT2D eigenvalue weighted by Crippen LogP contribution is 2.17. The minimum absolute atomic E-state index is 0.0137. The van der Waals surface area contributed by atoms with Crippen LogP contribution in [-0.4, -0.2) is 73.6 Å². The van der Waals surface area contributed by atoms with Gasteiger partial charge in [-0.25, -0.2) is 4.39 Å². The SMILES string of the molecule is O=C(CN1CCN(C(=O)c2cc(Cl)ccc2F)CC1)NC[C@@H]1CCCO1. The summed E-state index contributed by atoms with van der Waals surface area (Å²) in [7, 11) is 0. The number of hydrogen-bond donors (Lipinski definition) is 1. The molecule has 2 aliphatic rings. The van der Waals surface area contributed by atoms with Gasteiger partial charge in [-0.1, -0.05) is 11.6 Å². The van der Waals surface area contributed by atoms with Crippen molar-refractivity contribution in [3.05, 3.63) is 34.6 Å². The van der Waals surface area contributed by atoms with Crippen molar-refractivity contribution >= 4 is 23.4 Å².